The van der Waals surface area contributed by atoms with Crippen molar-refractivity contribution in [2.45, 2.75) is 26.8 Å². The molecule has 0 spiro atoms. The summed E-state index contributed by atoms with van der Waals surface area (Å²) in [7, 11) is 0. The van der Waals surface area contributed by atoms with Crippen molar-refractivity contribution in [1.82, 2.24) is 0 Å². The Morgan fingerprint density at radius 2 is 2.19 bits per heavy atom. The Labute approximate surface area is 103 Å². The molecular formula is C13H21NOS. The molecule has 0 saturated heterocycles. The maximum absolute atomic E-state index is 5.91. The van der Waals surface area contributed by atoms with Gasteiger partial charge < -0.3 is 10.5 Å². The van der Waals surface area contributed by atoms with E-state index in [1.807, 2.05) is 18.7 Å². The van der Waals surface area contributed by atoms with E-state index < -0.39 is 0 Å². The van der Waals surface area contributed by atoms with Crippen LogP contribution in [0.5, 0.6) is 5.75 Å². The molecule has 0 aliphatic carbocycles. The van der Waals surface area contributed by atoms with Crippen LogP contribution in [-0.2, 0) is 0 Å². The Hall–Kier alpha value is -0.670. The molecule has 1 aromatic carbocycles. The first kappa shape index (κ1) is 13.4. The fraction of sp³-hybridized carbons (Fsp3) is 0.538. The van der Waals surface area contributed by atoms with Gasteiger partial charge in [-0.2, -0.15) is 11.8 Å². The molecule has 90 valence electrons. The van der Waals surface area contributed by atoms with Gasteiger partial charge >= 0.3 is 0 Å². The highest BCUT2D eigenvalue weighted by Crippen LogP contribution is 2.25. The third-order valence-corrected chi connectivity index (χ3v) is 3.21. The summed E-state index contributed by atoms with van der Waals surface area (Å²) in [5.41, 5.74) is 8.21. The summed E-state index contributed by atoms with van der Waals surface area (Å²) in [5.74, 6) is 3.10. The summed E-state index contributed by atoms with van der Waals surface area (Å²) in [6, 6.07) is 6.22. The lowest BCUT2D eigenvalue weighted by molar-refractivity contribution is 0.338. The normalized spacial score (nSPS) is 12.5. The summed E-state index contributed by atoms with van der Waals surface area (Å²) < 4.78 is 5.78. The molecule has 1 aromatic rings. The molecule has 1 rings (SSSR count). The van der Waals surface area contributed by atoms with Crippen LogP contribution in [-0.4, -0.2) is 18.1 Å². The van der Waals surface area contributed by atoms with Gasteiger partial charge in [-0.25, -0.2) is 0 Å². The third-order valence-electron chi connectivity index (χ3n) is 2.35. The van der Waals surface area contributed by atoms with Crippen molar-refractivity contribution < 1.29 is 4.74 Å². The lowest BCUT2D eigenvalue weighted by atomic mass is 10.1. The molecule has 0 aromatic heterocycles. The molecular weight excluding hydrogens is 218 g/mol. The molecule has 1 unspecified atom stereocenters. The fourth-order valence-corrected chi connectivity index (χ4v) is 1.99. The predicted molar refractivity (Wildman–Crippen MR) is 72.3 cm³/mol. The topological polar surface area (TPSA) is 35.2 Å². The Kier molecular flexibility index (Phi) is 5.71. The minimum atomic E-state index is 0.0226. The standard InChI is InChI=1S/C13H21NOS/c1-4-16-8-7-15-13-9-10(2)5-6-12(13)11(3)14/h5-6,9,11H,4,7-8,14H2,1-3H3. The van der Waals surface area contributed by atoms with Gasteiger partial charge in [-0.3, -0.25) is 0 Å². The molecule has 2 N–H and O–H groups in total. The van der Waals surface area contributed by atoms with Gasteiger partial charge in [-0.05, 0) is 31.2 Å². The number of hydrogen-bond acceptors (Lipinski definition) is 3. The van der Waals surface area contributed by atoms with Crippen LogP contribution in [0.2, 0.25) is 0 Å². The number of benzene rings is 1. The highest BCUT2D eigenvalue weighted by atomic mass is 32.2. The number of ether oxygens (including phenoxy) is 1. The smallest absolute Gasteiger partial charge is 0.124 e. The van der Waals surface area contributed by atoms with E-state index in [0.29, 0.717) is 0 Å². The largest absolute Gasteiger partial charge is 0.492 e. The van der Waals surface area contributed by atoms with Crippen molar-refractivity contribution in [3.05, 3.63) is 29.3 Å². The van der Waals surface area contributed by atoms with Crippen LogP contribution in [0.15, 0.2) is 18.2 Å². The molecule has 16 heavy (non-hydrogen) atoms. The Morgan fingerprint density at radius 3 is 2.81 bits per heavy atom. The van der Waals surface area contributed by atoms with Gasteiger partial charge in [-0.15, -0.1) is 0 Å². The van der Waals surface area contributed by atoms with E-state index in [1.165, 1.54) is 5.56 Å². The van der Waals surface area contributed by atoms with Crippen LogP contribution in [0, 0.1) is 6.92 Å². The zero-order valence-electron chi connectivity index (χ0n) is 10.3. The first-order valence-corrected chi connectivity index (χ1v) is 6.87. The second kappa shape index (κ2) is 6.81. The molecule has 0 fully saturated rings. The van der Waals surface area contributed by atoms with Crippen LogP contribution in [0.4, 0.5) is 0 Å². The lowest BCUT2D eigenvalue weighted by Gasteiger charge is -2.14. The molecule has 0 saturated carbocycles. The average Bonchev–Trinajstić information content (AvgIpc) is 2.24. The number of thioether (sulfide) groups is 1. The monoisotopic (exact) mass is 239 g/mol. The zero-order valence-corrected chi connectivity index (χ0v) is 11.1. The molecule has 0 bridgehead atoms. The van der Waals surface area contributed by atoms with Gasteiger partial charge in [-0.1, -0.05) is 19.1 Å². The van der Waals surface area contributed by atoms with Crippen molar-refractivity contribution >= 4 is 11.8 Å². The van der Waals surface area contributed by atoms with E-state index in [2.05, 4.69) is 32.0 Å². The Morgan fingerprint density at radius 1 is 1.44 bits per heavy atom. The maximum Gasteiger partial charge on any atom is 0.124 e. The average molecular weight is 239 g/mol. The number of rotatable bonds is 6. The molecule has 0 heterocycles. The number of aryl methyl sites for hydroxylation is 1. The van der Waals surface area contributed by atoms with Gasteiger partial charge in [0, 0.05) is 17.4 Å². The summed E-state index contributed by atoms with van der Waals surface area (Å²) >= 11 is 1.89. The molecule has 0 amide bonds. The van der Waals surface area contributed by atoms with Gasteiger partial charge in [0.25, 0.3) is 0 Å². The van der Waals surface area contributed by atoms with Crippen molar-refractivity contribution in [2.24, 2.45) is 5.73 Å². The van der Waals surface area contributed by atoms with Gasteiger partial charge in [0.05, 0.1) is 6.61 Å². The lowest BCUT2D eigenvalue weighted by Crippen LogP contribution is -2.09. The summed E-state index contributed by atoms with van der Waals surface area (Å²) in [5, 5.41) is 0. The van der Waals surface area contributed by atoms with E-state index in [0.717, 1.165) is 29.4 Å². The molecule has 0 aliphatic rings. The molecule has 0 aliphatic heterocycles. The van der Waals surface area contributed by atoms with Crippen LogP contribution in [0.25, 0.3) is 0 Å². The third kappa shape index (κ3) is 4.06. The second-order valence-electron chi connectivity index (χ2n) is 3.88. The first-order valence-electron chi connectivity index (χ1n) is 5.71. The van der Waals surface area contributed by atoms with Crippen molar-refractivity contribution in [3.63, 3.8) is 0 Å². The van der Waals surface area contributed by atoms with E-state index in [-0.39, 0.29) is 6.04 Å². The minimum Gasteiger partial charge on any atom is -0.492 e. The summed E-state index contributed by atoms with van der Waals surface area (Å²) in [4.78, 5) is 0. The van der Waals surface area contributed by atoms with E-state index in [4.69, 9.17) is 10.5 Å². The van der Waals surface area contributed by atoms with Crippen molar-refractivity contribution in [2.75, 3.05) is 18.1 Å². The van der Waals surface area contributed by atoms with Gasteiger partial charge in [0.2, 0.25) is 0 Å². The molecule has 0 radical (unpaired) electrons. The van der Waals surface area contributed by atoms with E-state index in [1.54, 1.807) is 0 Å². The maximum atomic E-state index is 5.91. The summed E-state index contributed by atoms with van der Waals surface area (Å²) in [6.45, 7) is 6.96. The Bertz CT molecular complexity index is 326. The predicted octanol–water partition coefficient (Wildman–Crippen LogP) is 3.15. The van der Waals surface area contributed by atoms with Crippen LogP contribution >= 0.6 is 11.8 Å². The minimum absolute atomic E-state index is 0.0226. The highest BCUT2D eigenvalue weighted by molar-refractivity contribution is 7.99. The van der Waals surface area contributed by atoms with E-state index >= 15 is 0 Å². The zero-order chi connectivity index (χ0) is 12.0. The van der Waals surface area contributed by atoms with Gasteiger partial charge in [0.15, 0.2) is 0 Å². The van der Waals surface area contributed by atoms with E-state index in [9.17, 15) is 0 Å². The fourth-order valence-electron chi connectivity index (χ4n) is 1.50. The molecule has 2 nitrogen and oxygen atoms in total. The van der Waals surface area contributed by atoms with Crippen molar-refractivity contribution in [1.29, 1.82) is 0 Å². The number of nitrogens with two attached hydrogens (primary N) is 1. The second-order valence-corrected chi connectivity index (χ2v) is 5.27. The highest BCUT2D eigenvalue weighted by Gasteiger charge is 2.07. The van der Waals surface area contributed by atoms with Crippen LogP contribution in [0.1, 0.15) is 31.0 Å². The Balaban J connectivity index is 2.65. The van der Waals surface area contributed by atoms with Crippen LogP contribution in [0.3, 0.4) is 0 Å². The molecule has 1 atom stereocenters. The van der Waals surface area contributed by atoms with Gasteiger partial charge in [0.1, 0.15) is 5.75 Å². The van der Waals surface area contributed by atoms with Crippen LogP contribution < -0.4 is 10.5 Å². The van der Waals surface area contributed by atoms with Crippen molar-refractivity contribution in [3.8, 4) is 5.75 Å². The summed E-state index contributed by atoms with van der Waals surface area (Å²) in [6.07, 6.45) is 0. The number of hydrogen-bond donors (Lipinski definition) is 1. The first-order chi connectivity index (χ1) is 7.65. The quantitative estimate of drug-likeness (QED) is 0.775. The molecule has 3 heteroatoms. The SMILES string of the molecule is CCSCCOc1cc(C)ccc1C(C)N.